The number of morpholine rings is 1. The molecule has 0 bridgehead atoms. The van der Waals surface area contributed by atoms with Crippen LogP contribution < -0.4 is 5.32 Å². The fourth-order valence-electron chi connectivity index (χ4n) is 3.35. The summed E-state index contributed by atoms with van der Waals surface area (Å²) in [5.74, 6) is -0.335. The van der Waals surface area contributed by atoms with Gasteiger partial charge in [0.25, 0.3) is 0 Å². The molecule has 1 aliphatic heterocycles. The molecule has 2 atom stereocenters. The van der Waals surface area contributed by atoms with Gasteiger partial charge in [-0.1, -0.05) is 24.3 Å². The van der Waals surface area contributed by atoms with Crippen LogP contribution in [0.5, 0.6) is 0 Å². The molecule has 0 radical (unpaired) electrons. The first-order valence-electron chi connectivity index (χ1n) is 9.08. The van der Waals surface area contributed by atoms with E-state index < -0.39 is 10.0 Å². The van der Waals surface area contributed by atoms with E-state index in [1.165, 1.54) is 4.31 Å². The highest BCUT2D eigenvalue weighted by atomic mass is 32.2. The standard InChI is InChI=1S/C19H25N3O4S/c1-14-12-22(13-15(2)26-14)27(24,25)10-9-20-18(23)11-17-6-3-5-16-7-4-8-21-19(16)17/h3-8,14-15H,9-13H2,1-2H3,(H,20,23)/t14-,15+. The Balaban J connectivity index is 1.55. The number of amides is 1. The summed E-state index contributed by atoms with van der Waals surface area (Å²) < 4.78 is 32.0. The topological polar surface area (TPSA) is 88.6 Å². The highest BCUT2D eigenvalue weighted by molar-refractivity contribution is 7.89. The van der Waals surface area contributed by atoms with Crippen molar-refractivity contribution in [3.8, 4) is 0 Å². The second kappa shape index (κ2) is 8.33. The normalized spacial score (nSPS) is 21.3. The molecule has 0 saturated carbocycles. The monoisotopic (exact) mass is 391 g/mol. The van der Waals surface area contributed by atoms with Gasteiger partial charge in [0.05, 0.1) is 29.9 Å². The maximum atomic E-state index is 12.5. The van der Waals surface area contributed by atoms with Crippen LogP contribution in [0, 0.1) is 0 Å². The molecular weight excluding hydrogens is 366 g/mol. The van der Waals surface area contributed by atoms with Crippen LogP contribution >= 0.6 is 0 Å². The summed E-state index contributed by atoms with van der Waals surface area (Å²) in [6.45, 7) is 4.50. The Bertz CT molecular complexity index is 901. The van der Waals surface area contributed by atoms with Gasteiger partial charge in [-0.15, -0.1) is 0 Å². The van der Waals surface area contributed by atoms with Crippen molar-refractivity contribution in [2.75, 3.05) is 25.4 Å². The van der Waals surface area contributed by atoms with Gasteiger partial charge in [0.2, 0.25) is 15.9 Å². The zero-order valence-electron chi connectivity index (χ0n) is 15.6. The third kappa shape index (κ3) is 5.03. The fraction of sp³-hybridized carbons (Fsp3) is 0.474. The van der Waals surface area contributed by atoms with Crippen LogP contribution in [0.25, 0.3) is 10.9 Å². The first kappa shape index (κ1) is 19.7. The number of rotatable bonds is 6. The summed E-state index contributed by atoms with van der Waals surface area (Å²) in [5.41, 5.74) is 1.61. The number of para-hydroxylation sites is 1. The molecule has 27 heavy (non-hydrogen) atoms. The molecule has 2 aromatic rings. The molecule has 0 unspecified atom stereocenters. The van der Waals surface area contributed by atoms with Gasteiger partial charge in [-0.05, 0) is 25.5 Å². The zero-order valence-corrected chi connectivity index (χ0v) is 16.4. The number of nitrogens with zero attached hydrogens (tertiary/aromatic N) is 2. The maximum Gasteiger partial charge on any atom is 0.224 e. The number of pyridine rings is 1. The lowest BCUT2D eigenvalue weighted by Gasteiger charge is -2.34. The van der Waals surface area contributed by atoms with E-state index in [0.29, 0.717) is 13.1 Å². The van der Waals surface area contributed by atoms with E-state index in [0.717, 1.165) is 16.5 Å². The average molecular weight is 391 g/mol. The number of carbonyl (C=O) groups is 1. The Labute approximate surface area is 159 Å². The lowest BCUT2D eigenvalue weighted by molar-refractivity contribution is -0.120. The molecule has 0 spiro atoms. The van der Waals surface area contributed by atoms with E-state index in [1.807, 2.05) is 44.2 Å². The Hall–Kier alpha value is -2.03. The summed E-state index contributed by atoms with van der Waals surface area (Å²) in [6, 6.07) is 9.49. The Kier molecular flexibility index (Phi) is 6.08. The molecular formula is C19H25N3O4S. The second-order valence-corrected chi connectivity index (χ2v) is 9.00. The summed E-state index contributed by atoms with van der Waals surface area (Å²) in [5, 5.41) is 3.68. The van der Waals surface area contributed by atoms with Crippen LogP contribution in [0.1, 0.15) is 19.4 Å². The van der Waals surface area contributed by atoms with Crippen molar-refractivity contribution < 1.29 is 17.9 Å². The summed E-state index contributed by atoms with van der Waals surface area (Å²) in [4.78, 5) is 16.6. The van der Waals surface area contributed by atoms with Crippen LogP contribution in [0.15, 0.2) is 36.5 Å². The smallest absolute Gasteiger partial charge is 0.224 e. The number of carbonyl (C=O) groups excluding carboxylic acids is 1. The van der Waals surface area contributed by atoms with E-state index in [9.17, 15) is 13.2 Å². The number of ether oxygens (including phenoxy) is 1. The molecule has 8 heteroatoms. The average Bonchev–Trinajstić information content (AvgIpc) is 2.61. The number of hydrogen-bond donors (Lipinski definition) is 1. The van der Waals surface area contributed by atoms with Gasteiger partial charge in [-0.3, -0.25) is 9.78 Å². The molecule has 1 aliphatic rings. The number of fused-ring (bicyclic) bond motifs is 1. The number of aromatic nitrogens is 1. The maximum absolute atomic E-state index is 12.5. The van der Waals surface area contributed by atoms with E-state index in [4.69, 9.17) is 4.74 Å². The minimum atomic E-state index is -3.43. The Morgan fingerprint density at radius 3 is 2.67 bits per heavy atom. The van der Waals surface area contributed by atoms with Gasteiger partial charge in [0.1, 0.15) is 0 Å². The first-order chi connectivity index (χ1) is 12.8. The quantitative estimate of drug-likeness (QED) is 0.803. The Morgan fingerprint density at radius 2 is 1.93 bits per heavy atom. The van der Waals surface area contributed by atoms with Crippen LogP contribution in [0.4, 0.5) is 0 Å². The third-order valence-electron chi connectivity index (χ3n) is 4.53. The largest absolute Gasteiger partial charge is 0.373 e. The van der Waals surface area contributed by atoms with E-state index in [-0.39, 0.29) is 36.8 Å². The van der Waals surface area contributed by atoms with E-state index in [2.05, 4.69) is 10.3 Å². The highest BCUT2D eigenvalue weighted by Gasteiger charge is 2.30. The highest BCUT2D eigenvalue weighted by Crippen LogP contribution is 2.17. The van der Waals surface area contributed by atoms with Gasteiger partial charge >= 0.3 is 0 Å². The lowest BCUT2D eigenvalue weighted by atomic mass is 10.1. The predicted octanol–water partition coefficient (Wildman–Crippen LogP) is 1.33. The molecule has 1 aromatic heterocycles. The molecule has 1 N–H and O–H groups in total. The fourth-order valence-corrected chi connectivity index (χ4v) is 4.84. The van der Waals surface area contributed by atoms with Gasteiger partial charge < -0.3 is 10.1 Å². The molecule has 2 heterocycles. The number of hydrogen-bond acceptors (Lipinski definition) is 5. The van der Waals surface area contributed by atoms with Crippen molar-refractivity contribution in [2.24, 2.45) is 0 Å². The van der Waals surface area contributed by atoms with Crippen LogP contribution in [0.3, 0.4) is 0 Å². The number of sulfonamides is 1. The van der Waals surface area contributed by atoms with E-state index in [1.54, 1.807) is 6.20 Å². The van der Waals surface area contributed by atoms with Crippen molar-refractivity contribution >= 4 is 26.8 Å². The second-order valence-electron chi connectivity index (χ2n) is 6.91. The summed E-state index contributed by atoms with van der Waals surface area (Å²) in [6.07, 6.45) is 1.61. The zero-order chi connectivity index (χ0) is 19.4. The summed E-state index contributed by atoms with van der Waals surface area (Å²) >= 11 is 0. The molecule has 3 rings (SSSR count). The number of benzene rings is 1. The van der Waals surface area contributed by atoms with Crippen molar-refractivity contribution in [3.05, 3.63) is 42.1 Å². The predicted molar refractivity (Wildman–Crippen MR) is 104 cm³/mol. The molecule has 146 valence electrons. The van der Waals surface area contributed by atoms with Gasteiger partial charge in [-0.2, -0.15) is 4.31 Å². The molecule has 0 aliphatic carbocycles. The molecule has 1 aromatic carbocycles. The number of nitrogens with one attached hydrogen (secondary N) is 1. The summed E-state index contributed by atoms with van der Waals surface area (Å²) in [7, 11) is -3.43. The van der Waals surface area contributed by atoms with E-state index >= 15 is 0 Å². The van der Waals surface area contributed by atoms with Crippen molar-refractivity contribution in [1.29, 1.82) is 0 Å². The molecule has 1 saturated heterocycles. The minimum absolute atomic E-state index is 0.0828. The first-order valence-corrected chi connectivity index (χ1v) is 10.7. The minimum Gasteiger partial charge on any atom is -0.373 e. The third-order valence-corrected chi connectivity index (χ3v) is 6.33. The van der Waals surface area contributed by atoms with Crippen LogP contribution in [-0.4, -0.2) is 61.2 Å². The van der Waals surface area contributed by atoms with Gasteiger partial charge in [0, 0.05) is 31.2 Å². The van der Waals surface area contributed by atoms with Crippen LogP contribution in [0.2, 0.25) is 0 Å². The lowest BCUT2D eigenvalue weighted by Crippen LogP contribution is -2.49. The molecule has 1 amide bonds. The van der Waals surface area contributed by atoms with Gasteiger partial charge in [-0.25, -0.2) is 8.42 Å². The van der Waals surface area contributed by atoms with Gasteiger partial charge in [0.15, 0.2) is 0 Å². The molecule has 1 fully saturated rings. The Morgan fingerprint density at radius 1 is 1.22 bits per heavy atom. The van der Waals surface area contributed by atoms with Crippen molar-refractivity contribution in [1.82, 2.24) is 14.6 Å². The SMILES string of the molecule is C[C@@H]1CN(S(=O)(=O)CCNC(=O)Cc2cccc3cccnc23)C[C@H](C)O1. The van der Waals surface area contributed by atoms with Crippen LogP contribution in [-0.2, 0) is 26.0 Å². The van der Waals surface area contributed by atoms with Crippen molar-refractivity contribution in [2.45, 2.75) is 32.5 Å². The van der Waals surface area contributed by atoms with Crippen molar-refractivity contribution in [3.63, 3.8) is 0 Å². The molecule has 7 nitrogen and oxygen atoms in total.